The van der Waals surface area contributed by atoms with E-state index in [2.05, 4.69) is 5.32 Å². The first kappa shape index (κ1) is 13.2. The quantitative estimate of drug-likeness (QED) is 0.808. The summed E-state index contributed by atoms with van der Waals surface area (Å²) in [6.45, 7) is 2.83. The summed E-state index contributed by atoms with van der Waals surface area (Å²) in [5.41, 5.74) is 0.807. The first-order valence-corrected chi connectivity index (χ1v) is 7.57. The lowest BCUT2D eigenvalue weighted by Crippen LogP contribution is -2.33. The van der Waals surface area contributed by atoms with Crippen LogP contribution in [0.4, 0.5) is 5.69 Å². The number of amides is 2. The van der Waals surface area contributed by atoms with Crippen LogP contribution in [0, 0.1) is 0 Å². The molecule has 1 N–H and O–H groups in total. The number of hydrogen-bond donors (Lipinski definition) is 1. The zero-order chi connectivity index (χ0) is 14.1. The topological polar surface area (TPSA) is 49.4 Å². The van der Waals surface area contributed by atoms with Gasteiger partial charge < -0.3 is 10.2 Å². The summed E-state index contributed by atoms with van der Waals surface area (Å²) in [6.07, 6.45) is 3.55. The molecule has 2 amide bonds. The average Bonchev–Trinajstić information content (AvgIpc) is 2.86. The summed E-state index contributed by atoms with van der Waals surface area (Å²) in [5.74, 6) is -0.263. The van der Waals surface area contributed by atoms with Gasteiger partial charge in [0.05, 0.1) is 10.6 Å². The molecule has 2 aliphatic rings. The van der Waals surface area contributed by atoms with Crippen LogP contribution in [0.3, 0.4) is 0 Å². The largest absolute Gasteiger partial charge is 0.336 e. The van der Waals surface area contributed by atoms with Crippen LogP contribution in [0.5, 0.6) is 0 Å². The second kappa shape index (κ2) is 5.32. The Bertz CT molecular complexity index is 597. The summed E-state index contributed by atoms with van der Waals surface area (Å²) in [5, 5.41) is 2.82. The number of hydrogen-bond acceptors (Lipinski definition) is 3. The van der Waals surface area contributed by atoms with E-state index in [1.807, 2.05) is 36.1 Å². The molecule has 0 saturated carbocycles. The number of fused-ring (bicyclic) bond motifs is 1. The van der Waals surface area contributed by atoms with Crippen LogP contribution in [-0.2, 0) is 9.59 Å². The van der Waals surface area contributed by atoms with E-state index in [0.717, 1.165) is 30.0 Å². The highest BCUT2D eigenvalue weighted by atomic mass is 32.2. The number of nitrogens with zero attached hydrogens (tertiary/aromatic N) is 1. The van der Waals surface area contributed by atoms with Gasteiger partial charge in [-0.05, 0) is 31.9 Å². The molecule has 2 heterocycles. The summed E-state index contributed by atoms with van der Waals surface area (Å²) in [7, 11) is 0. The second-order valence-corrected chi connectivity index (χ2v) is 6.17. The van der Waals surface area contributed by atoms with E-state index in [9.17, 15) is 9.59 Å². The van der Waals surface area contributed by atoms with Gasteiger partial charge in [0, 0.05) is 23.6 Å². The minimum atomic E-state index is -0.200. The standard InChI is InChI=1S/C15H16N2O2S/c1-10-5-4-8-17(10)14(18)9-13-15(19)16-11-6-2-3-7-12(11)20-13/h2-3,6-7,9-10H,4-5,8H2,1H3,(H,16,19)/b13-9-/t10-/m0/s1. The molecule has 1 saturated heterocycles. The normalized spacial score (nSPS) is 23.6. The Kier molecular flexibility index (Phi) is 3.53. The zero-order valence-electron chi connectivity index (χ0n) is 11.3. The van der Waals surface area contributed by atoms with Crippen LogP contribution >= 0.6 is 11.8 Å². The first-order chi connectivity index (χ1) is 9.65. The van der Waals surface area contributed by atoms with Crippen LogP contribution < -0.4 is 5.32 Å². The Balaban J connectivity index is 1.82. The molecule has 0 aromatic heterocycles. The van der Waals surface area contributed by atoms with E-state index in [1.165, 1.54) is 17.8 Å². The van der Waals surface area contributed by atoms with Crippen molar-refractivity contribution in [3.63, 3.8) is 0 Å². The molecule has 1 fully saturated rings. The minimum Gasteiger partial charge on any atom is -0.336 e. The highest BCUT2D eigenvalue weighted by molar-refractivity contribution is 8.04. The Morgan fingerprint density at radius 2 is 2.25 bits per heavy atom. The van der Waals surface area contributed by atoms with Gasteiger partial charge in [-0.1, -0.05) is 23.9 Å². The number of likely N-dealkylation sites (tertiary alicyclic amines) is 1. The van der Waals surface area contributed by atoms with Crippen molar-refractivity contribution >= 4 is 29.3 Å². The van der Waals surface area contributed by atoms with E-state index < -0.39 is 0 Å². The maximum atomic E-state index is 12.2. The van der Waals surface area contributed by atoms with Gasteiger partial charge in [-0.2, -0.15) is 0 Å². The molecule has 0 bridgehead atoms. The van der Waals surface area contributed by atoms with E-state index >= 15 is 0 Å². The van der Waals surface area contributed by atoms with Crippen LogP contribution in [0.15, 0.2) is 40.1 Å². The van der Waals surface area contributed by atoms with Gasteiger partial charge in [-0.15, -0.1) is 0 Å². The number of carbonyl (C=O) groups excluding carboxylic acids is 2. The van der Waals surface area contributed by atoms with Crippen molar-refractivity contribution in [2.45, 2.75) is 30.7 Å². The fourth-order valence-corrected chi connectivity index (χ4v) is 3.47. The minimum absolute atomic E-state index is 0.0629. The molecule has 1 aromatic rings. The van der Waals surface area contributed by atoms with Crippen LogP contribution in [0.1, 0.15) is 19.8 Å². The average molecular weight is 288 g/mol. The summed E-state index contributed by atoms with van der Waals surface area (Å²) >= 11 is 1.36. The Hall–Kier alpha value is -1.75. The SMILES string of the molecule is C[C@H]1CCCN1C(=O)/C=C1\Sc2ccccc2NC1=O. The van der Waals surface area contributed by atoms with E-state index in [0.29, 0.717) is 4.91 Å². The van der Waals surface area contributed by atoms with E-state index in [4.69, 9.17) is 0 Å². The lowest BCUT2D eigenvalue weighted by molar-refractivity contribution is -0.126. The van der Waals surface area contributed by atoms with Gasteiger partial charge in [0.25, 0.3) is 5.91 Å². The number of thioether (sulfide) groups is 1. The monoisotopic (exact) mass is 288 g/mol. The summed E-state index contributed by atoms with van der Waals surface area (Å²) in [4.78, 5) is 27.5. The van der Waals surface area contributed by atoms with E-state index in [-0.39, 0.29) is 17.9 Å². The Morgan fingerprint density at radius 3 is 3.00 bits per heavy atom. The lowest BCUT2D eigenvalue weighted by Gasteiger charge is -2.22. The number of nitrogens with one attached hydrogen (secondary N) is 1. The predicted molar refractivity (Wildman–Crippen MR) is 79.4 cm³/mol. The predicted octanol–water partition coefficient (Wildman–Crippen LogP) is 2.63. The molecule has 0 radical (unpaired) electrons. The lowest BCUT2D eigenvalue weighted by atomic mass is 10.2. The number of benzene rings is 1. The van der Waals surface area contributed by atoms with Gasteiger partial charge in [0.1, 0.15) is 0 Å². The Morgan fingerprint density at radius 1 is 1.45 bits per heavy atom. The molecule has 0 unspecified atom stereocenters. The van der Waals surface area contributed by atoms with Gasteiger partial charge in [-0.3, -0.25) is 9.59 Å². The molecule has 104 valence electrons. The fraction of sp³-hybridized carbons (Fsp3) is 0.333. The highest BCUT2D eigenvalue weighted by Gasteiger charge is 2.26. The highest BCUT2D eigenvalue weighted by Crippen LogP contribution is 2.37. The first-order valence-electron chi connectivity index (χ1n) is 6.75. The van der Waals surface area contributed by atoms with Crippen LogP contribution in [-0.4, -0.2) is 29.3 Å². The molecule has 4 nitrogen and oxygen atoms in total. The van der Waals surface area contributed by atoms with Gasteiger partial charge in [0.2, 0.25) is 5.91 Å². The molecule has 2 aliphatic heterocycles. The zero-order valence-corrected chi connectivity index (χ0v) is 12.1. The fourth-order valence-electron chi connectivity index (χ4n) is 2.56. The molecular weight excluding hydrogens is 272 g/mol. The van der Waals surface area contributed by atoms with Gasteiger partial charge >= 0.3 is 0 Å². The van der Waals surface area contributed by atoms with Gasteiger partial charge in [-0.25, -0.2) is 0 Å². The third-order valence-corrected chi connectivity index (χ3v) is 4.77. The second-order valence-electron chi connectivity index (χ2n) is 5.08. The maximum Gasteiger partial charge on any atom is 0.262 e. The maximum absolute atomic E-state index is 12.2. The van der Waals surface area contributed by atoms with Gasteiger partial charge in [0.15, 0.2) is 0 Å². The summed E-state index contributed by atoms with van der Waals surface area (Å²) < 4.78 is 0. The van der Waals surface area contributed by atoms with Crippen molar-refractivity contribution in [2.75, 3.05) is 11.9 Å². The van der Waals surface area contributed by atoms with Crippen molar-refractivity contribution in [1.82, 2.24) is 4.90 Å². The molecule has 0 spiro atoms. The summed E-state index contributed by atoms with van der Waals surface area (Å²) in [6, 6.07) is 7.87. The van der Waals surface area contributed by atoms with Crippen molar-refractivity contribution < 1.29 is 9.59 Å². The number of anilines is 1. The Labute approximate surface area is 122 Å². The molecule has 3 rings (SSSR count). The van der Waals surface area contributed by atoms with E-state index in [1.54, 1.807) is 0 Å². The molecule has 5 heteroatoms. The molecule has 0 aliphatic carbocycles. The van der Waals surface area contributed by atoms with Crippen molar-refractivity contribution in [3.8, 4) is 0 Å². The number of para-hydroxylation sites is 1. The third-order valence-electron chi connectivity index (χ3n) is 3.67. The molecule has 1 aromatic carbocycles. The van der Waals surface area contributed by atoms with Crippen LogP contribution in [0.2, 0.25) is 0 Å². The number of carbonyl (C=O) groups is 2. The molecular formula is C15H16N2O2S. The van der Waals surface area contributed by atoms with Crippen LogP contribution in [0.25, 0.3) is 0 Å². The number of rotatable bonds is 1. The molecule has 20 heavy (non-hydrogen) atoms. The van der Waals surface area contributed by atoms with Crippen molar-refractivity contribution in [1.29, 1.82) is 0 Å². The smallest absolute Gasteiger partial charge is 0.262 e. The molecule has 1 atom stereocenters. The third kappa shape index (κ3) is 2.45. The van der Waals surface area contributed by atoms with Crippen molar-refractivity contribution in [2.24, 2.45) is 0 Å². The van der Waals surface area contributed by atoms with Crippen molar-refractivity contribution in [3.05, 3.63) is 35.2 Å².